The molecular weight excluding hydrogens is 318 g/mol. The Hall–Kier alpha value is -2.40. The molecule has 1 aliphatic rings. The quantitative estimate of drug-likeness (QED) is 0.784. The number of benzene rings is 2. The van der Waals surface area contributed by atoms with Gasteiger partial charge >= 0.3 is 0 Å². The molecule has 1 aliphatic heterocycles. The Morgan fingerprint density at radius 1 is 1.21 bits per heavy atom. The highest BCUT2D eigenvalue weighted by Gasteiger charge is 2.34. The average molecular weight is 337 g/mol. The molecular formula is C19H19N3OS. The predicted molar refractivity (Wildman–Crippen MR) is 99.8 cm³/mol. The molecule has 0 saturated carbocycles. The van der Waals surface area contributed by atoms with Gasteiger partial charge in [-0.2, -0.15) is 0 Å². The normalized spacial score (nSPS) is 14.6. The highest BCUT2D eigenvalue weighted by Crippen LogP contribution is 2.33. The Kier molecular flexibility index (Phi) is 3.94. The summed E-state index contributed by atoms with van der Waals surface area (Å²) in [6.07, 6.45) is 0.916. The molecule has 24 heavy (non-hydrogen) atoms. The number of carbonyl (C=O) groups is 1. The van der Waals surface area contributed by atoms with Gasteiger partial charge in [0.1, 0.15) is 0 Å². The molecule has 2 heterocycles. The molecule has 0 bridgehead atoms. The molecule has 4 nitrogen and oxygen atoms in total. The number of anilines is 2. The van der Waals surface area contributed by atoms with Crippen LogP contribution in [0.2, 0.25) is 0 Å². The maximum absolute atomic E-state index is 12.5. The number of hydrogen-bond acceptors (Lipinski definition) is 4. The van der Waals surface area contributed by atoms with Crippen LogP contribution in [0.5, 0.6) is 0 Å². The van der Waals surface area contributed by atoms with Crippen molar-refractivity contribution >= 4 is 38.3 Å². The molecule has 0 radical (unpaired) electrons. The summed E-state index contributed by atoms with van der Waals surface area (Å²) in [5.74, 6) is 0.134. The van der Waals surface area contributed by atoms with E-state index in [-0.39, 0.29) is 11.8 Å². The molecule has 1 aromatic heterocycles. The van der Waals surface area contributed by atoms with Gasteiger partial charge in [-0.05, 0) is 30.2 Å². The molecule has 1 amide bonds. The monoisotopic (exact) mass is 337 g/mol. The summed E-state index contributed by atoms with van der Waals surface area (Å²) in [6.45, 7) is 3.57. The van der Waals surface area contributed by atoms with Crippen molar-refractivity contribution in [1.82, 2.24) is 4.98 Å². The average Bonchev–Trinajstić information content (AvgIpc) is 2.97. The van der Waals surface area contributed by atoms with Gasteiger partial charge in [0.2, 0.25) is 5.91 Å². The smallest absolute Gasteiger partial charge is 0.231 e. The van der Waals surface area contributed by atoms with E-state index in [9.17, 15) is 4.79 Å². The zero-order valence-electron chi connectivity index (χ0n) is 13.5. The predicted octanol–water partition coefficient (Wildman–Crippen LogP) is 3.93. The van der Waals surface area contributed by atoms with Gasteiger partial charge < -0.3 is 10.2 Å². The van der Waals surface area contributed by atoms with Crippen molar-refractivity contribution in [1.29, 1.82) is 0 Å². The first-order valence-electron chi connectivity index (χ1n) is 8.24. The largest absolute Gasteiger partial charge is 0.346 e. The van der Waals surface area contributed by atoms with Crippen LogP contribution in [0.1, 0.15) is 12.5 Å². The minimum atomic E-state index is 0.0296. The highest BCUT2D eigenvalue weighted by atomic mass is 32.1. The van der Waals surface area contributed by atoms with Crippen LogP contribution in [0.4, 0.5) is 10.8 Å². The summed E-state index contributed by atoms with van der Waals surface area (Å²) in [5, 5.41) is 4.09. The lowest BCUT2D eigenvalue weighted by atomic mass is 9.99. The molecule has 0 spiro atoms. The van der Waals surface area contributed by atoms with Crippen LogP contribution >= 0.6 is 11.3 Å². The van der Waals surface area contributed by atoms with Gasteiger partial charge in [-0.25, -0.2) is 4.98 Å². The molecule has 4 rings (SSSR count). The lowest BCUT2D eigenvalue weighted by Gasteiger charge is -2.38. The third-order valence-corrected chi connectivity index (χ3v) is 5.56. The minimum absolute atomic E-state index is 0.0296. The molecule has 3 aromatic rings. The number of thiazole rings is 1. The molecule has 122 valence electrons. The Morgan fingerprint density at radius 3 is 2.75 bits per heavy atom. The van der Waals surface area contributed by atoms with Crippen molar-refractivity contribution in [3.8, 4) is 0 Å². The Balaban J connectivity index is 1.40. The van der Waals surface area contributed by atoms with E-state index in [1.54, 1.807) is 11.3 Å². The van der Waals surface area contributed by atoms with Crippen molar-refractivity contribution in [2.45, 2.75) is 13.3 Å². The van der Waals surface area contributed by atoms with E-state index in [0.29, 0.717) is 0 Å². The van der Waals surface area contributed by atoms with Crippen LogP contribution < -0.4 is 10.2 Å². The zero-order chi connectivity index (χ0) is 16.5. The van der Waals surface area contributed by atoms with Crippen LogP contribution in [0.25, 0.3) is 10.2 Å². The first-order valence-corrected chi connectivity index (χ1v) is 9.05. The topological polar surface area (TPSA) is 45.2 Å². The van der Waals surface area contributed by atoms with Crippen molar-refractivity contribution in [3.05, 3.63) is 54.1 Å². The van der Waals surface area contributed by atoms with Crippen LogP contribution in [0, 0.1) is 5.92 Å². The first-order chi connectivity index (χ1) is 11.7. The van der Waals surface area contributed by atoms with Gasteiger partial charge in [-0.1, -0.05) is 48.6 Å². The number of nitrogens with zero attached hydrogens (tertiary/aromatic N) is 2. The molecule has 5 heteroatoms. The third kappa shape index (κ3) is 2.76. The number of nitrogens with one attached hydrogen (secondary N) is 1. The summed E-state index contributed by atoms with van der Waals surface area (Å²) in [4.78, 5) is 19.3. The number of hydrogen-bond donors (Lipinski definition) is 1. The molecule has 1 N–H and O–H groups in total. The summed E-state index contributed by atoms with van der Waals surface area (Å²) in [7, 11) is 0. The third-order valence-electron chi connectivity index (χ3n) is 4.46. The fourth-order valence-corrected chi connectivity index (χ4v) is 3.96. The zero-order valence-corrected chi connectivity index (χ0v) is 14.3. The van der Waals surface area contributed by atoms with E-state index in [1.807, 2.05) is 36.4 Å². The van der Waals surface area contributed by atoms with Crippen molar-refractivity contribution in [3.63, 3.8) is 0 Å². The Labute approximate surface area is 145 Å². The van der Waals surface area contributed by atoms with Gasteiger partial charge in [-0.3, -0.25) is 4.79 Å². The second-order valence-corrected chi connectivity index (χ2v) is 7.08. The maximum Gasteiger partial charge on any atom is 0.231 e. The standard InChI is InChI=1S/C19H19N3OS/c1-2-13-7-3-4-8-15(13)20-18(23)14-11-22(12-14)19-21-16-9-5-6-10-17(16)24-19/h3-10,14H,2,11-12H2,1H3,(H,20,23). The van der Waals surface area contributed by atoms with Gasteiger partial charge in [0.15, 0.2) is 5.13 Å². The number of aromatic nitrogens is 1. The highest BCUT2D eigenvalue weighted by molar-refractivity contribution is 7.22. The number of rotatable bonds is 4. The summed E-state index contributed by atoms with van der Waals surface area (Å²) < 4.78 is 1.19. The molecule has 0 unspecified atom stereocenters. The summed E-state index contributed by atoms with van der Waals surface area (Å²) in [6, 6.07) is 16.1. The van der Waals surface area contributed by atoms with Crippen molar-refractivity contribution < 1.29 is 4.79 Å². The van der Waals surface area contributed by atoms with E-state index >= 15 is 0 Å². The Morgan fingerprint density at radius 2 is 1.96 bits per heavy atom. The van der Waals surface area contributed by atoms with E-state index < -0.39 is 0 Å². The number of para-hydroxylation sites is 2. The van der Waals surface area contributed by atoms with Crippen molar-refractivity contribution in [2.75, 3.05) is 23.3 Å². The van der Waals surface area contributed by atoms with E-state index in [0.717, 1.165) is 35.8 Å². The minimum Gasteiger partial charge on any atom is -0.346 e. The second-order valence-electron chi connectivity index (χ2n) is 6.07. The van der Waals surface area contributed by atoms with Crippen molar-refractivity contribution in [2.24, 2.45) is 5.92 Å². The van der Waals surface area contributed by atoms with Gasteiger partial charge in [0.05, 0.1) is 16.1 Å². The molecule has 1 fully saturated rings. The SMILES string of the molecule is CCc1ccccc1NC(=O)C1CN(c2nc3ccccc3s2)C1. The van der Waals surface area contributed by atoms with Crippen LogP contribution in [-0.4, -0.2) is 24.0 Å². The van der Waals surface area contributed by atoms with E-state index in [1.165, 1.54) is 10.3 Å². The number of aryl methyl sites for hydroxylation is 1. The van der Waals surface area contributed by atoms with E-state index in [2.05, 4.69) is 34.3 Å². The van der Waals surface area contributed by atoms with Crippen LogP contribution in [-0.2, 0) is 11.2 Å². The van der Waals surface area contributed by atoms with Gasteiger partial charge in [0.25, 0.3) is 0 Å². The second kappa shape index (κ2) is 6.24. The number of fused-ring (bicyclic) bond motifs is 1. The lowest BCUT2D eigenvalue weighted by molar-refractivity contribution is -0.120. The molecule has 0 atom stereocenters. The Bertz CT molecular complexity index is 850. The van der Waals surface area contributed by atoms with Crippen LogP contribution in [0.3, 0.4) is 0 Å². The van der Waals surface area contributed by atoms with Gasteiger partial charge in [0, 0.05) is 18.8 Å². The number of carbonyl (C=O) groups excluding carboxylic acids is 1. The molecule has 0 aliphatic carbocycles. The summed E-state index contributed by atoms with van der Waals surface area (Å²) in [5.41, 5.74) is 3.14. The molecule has 2 aromatic carbocycles. The van der Waals surface area contributed by atoms with Crippen LogP contribution in [0.15, 0.2) is 48.5 Å². The lowest BCUT2D eigenvalue weighted by Crippen LogP contribution is -2.52. The molecule has 1 saturated heterocycles. The van der Waals surface area contributed by atoms with Gasteiger partial charge in [-0.15, -0.1) is 0 Å². The summed E-state index contributed by atoms with van der Waals surface area (Å²) >= 11 is 1.69. The fourth-order valence-electron chi connectivity index (χ4n) is 2.98. The fraction of sp³-hybridized carbons (Fsp3) is 0.263. The number of amides is 1. The first kappa shape index (κ1) is 15.1. The maximum atomic E-state index is 12.5. The van der Waals surface area contributed by atoms with E-state index in [4.69, 9.17) is 0 Å².